The first-order valence-corrected chi connectivity index (χ1v) is 1.84. The molecule has 0 aliphatic rings. The molecule has 0 atom stereocenters. The van der Waals surface area contributed by atoms with E-state index in [9.17, 15) is 0 Å². The van der Waals surface area contributed by atoms with E-state index in [2.05, 4.69) is 0 Å². The minimum Gasteiger partial charge on any atom is -0.672 e. The van der Waals surface area contributed by atoms with Crippen molar-refractivity contribution in [2.24, 2.45) is 0 Å². The Balaban J connectivity index is -0.0000000450. The molecule has 0 bridgehead atoms. The van der Waals surface area contributed by atoms with E-state index in [1.165, 1.54) is 0 Å². The summed E-state index contributed by atoms with van der Waals surface area (Å²) in [6.07, 6.45) is 0. The van der Waals surface area contributed by atoms with E-state index in [-0.39, 0.29) is 41.9 Å². The van der Waals surface area contributed by atoms with Crippen LogP contribution in [0.4, 0.5) is 0 Å². The standard InChI is InChI=1S/Li.Mg.O3Si/c;;1-4(2)3/q+1;+2;-2. The van der Waals surface area contributed by atoms with E-state index in [1.807, 2.05) is 0 Å². The van der Waals surface area contributed by atoms with Crippen LogP contribution in [0, 0.1) is 0 Å². The molecule has 0 spiro atoms. The molecule has 0 unspecified atom stereocenters. The van der Waals surface area contributed by atoms with Crippen molar-refractivity contribution in [2.75, 3.05) is 0 Å². The van der Waals surface area contributed by atoms with Gasteiger partial charge < -0.3 is 14.1 Å². The van der Waals surface area contributed by atoms with Crippen molar-refractivity contribution in [2.45, 2.75) is 0 Å². The van der Waals surface area contributed by atoms with Gasteiger partial charge in [0, 0.05) is 9.17 Å². The molecule has 0 aliphatic carbocycles. The molecule has 6 heteroatoms. The molecule has 0 heterocycles. The summed E-state index contributed by atoms with van der Waals surface area (Å²) in [5.41, 5.74) is 0. The Bertz CT molecular complexity index is 33.8. The monoisotopic (exact) mass is 107 g/mol. The van der Waals surface area contributed by atoms with Gasteiger partial charge in [0.05, 0.1) is 0 Å². The zero-order valence-corrected chi connectivity index (χ0v) is 5.85. The van der Waals surface area contributed by atoms with Gasteiger partial charge >= 0.3 is 41.9 Å². The molecule has 0 fully saturated rings. The summed E-state index contributed by atoms with van der Waals surface area (Å²) >= 11 is 0. The van der Waals surface area contributed by atoms with Crippen molar-refractivity contribution in [3.05, 3.63) is 0 Å². The van der Waals surface area contributed by atoms with E-state index in [0.717, 1.165) is 0 Å². The fourth-order valence-electron chi connectivity index (χ4n) is 0. The maximum absolute atomic E-state index is 8.52. The first-order valence-electron chi connectivity index (χ1n) is 0.612. The number of rotatable bonds is 0. The molecule has 0 aliphatic heterocycles. The fraction of sp³-hybridized carbons (Fsp3) is 0. The summed E-state index contributed by atoms with van der Waals surface area (Å²) in [4.78, 5) is 17.0. The molecule has 0 saturated heterocycles. The molecule has 6 heavy (non-hydrogen) atoms. The van der Waals surface area contributed by atoms with Gasteiger partial charge in [0.2, 0.25) is 0 Å². The van der Waals surface area contributed by atoms with Crippen molar-refractivity contribution < 1.29 is 32.9 Å². The summed E-state index contributed by atoms with van der Waals surface area (Å²) in [5.74, 6) is 0. The molecule has 24 valence electrons. The van der Waals surface area contributed by atoms with Gasteiger partial charge in [-0.3, -0.25) is 0 Å². The predicted molar refractivity (Wildman–Crippen MR) is 12.2 cm³/mol. The van der Waals surface area contributed by atoms with Crippen LogP contribution >= 0.6 is 0 Å². The van der Waals surface area contributed by atoms with Crippen LogP contribution in [0.1, 0.15) is 0 Å². The molecule has 0 saturated carbocycles. The Kier molecular flexibility index (Phi) is 24.6. The quantitative estimate of drug-likeness (QED) is 0.289. The smallest absolute Gasteiger partial charge is 0.672 e. The Morgan fingerprint density at radius 3 is 1.33 bits per heavy atom. The minimum atomic E-state index is -3.63. The Morgan fingerprint density at radius 2 is 1.33 bits per heavy atom. The van der Waals surface area contributed by atoms with Crippen LogP contribution in [0.5, 0.6) is 0 Å². The Labute approximate surface area is 65.0 Å². The minimum absolute atomic E-state index is 0. The molecule has 0 aromatic carbocycles. The summed E-state index contributed by atoms with van der Waals surface area (Å²) in [5, 5.41) is 0. The van der Waals surface area contributed by atoms with Crippen LogP contribution in [0.3, 0.4) is 0 Å². The van der Waals surface area contributed by atoms with E-state index in [1.54, 1.807) is 0 Å². The summed E-state index contributed by atoms with van der Waals surface area (Å²) in [7, 11) is -3.63. The van der Waals surface area contributed by atoms with Crippen LogP contribution in [0.25, 0.3) is 0 Å². The van der Waals surface area contributed by atoms with Crippen molar-refractivity contribution in [3.8, 4) is 0 Å². The van der Waals surface area contributed by atoms with E-state index in [4.69, 9.17) is 14.1 Å². The average Bonchev–Trinajstić information content (AvgIpc) is 0.811. The summed E-state index contributed by atoms with van der Waals surface area (Å²) < 4.78 is 8.52. The normalized spacial score (nSPS) is 4.00. The van der Waals surface area contributed by atoms with Crippen LogP contribution in [0.2, 0.25) is 0 Å². The van der Waals surface area contributed by atoms with E-state index >= 15 is 0 Å². The van der Waals surface area contributed by atoms with Crippen LogP contribution in [-0.2, 0) is 4.46 Å². The van der Waals surface area contributed by atoms with Crippen molar-refractivity contribution in [3.63, 3.8) is 0 Å². The zero-order chi connectivity index (χ0) is 3.58. The van der Waals surface area contributed by atoms with E-state index in [0.29, 0.717) is 0 Å². The van der Waals surface area contributed by atoms with Gasteiger partial charge in [0.1, 0.15) is 0 Å². The van der Waals surface area contributed by atoms with Gasteiger partial charge in [0.25, 0.3) is 0 Å². The molecule has 0 aromatic heterocycles. The topological polar surface area (TPSA) is 63.2 Å². The fourth-order valence-corrected chi connectivity index (χ4v) is 0. The largest absolute Gasteiger partial charge is 2.00 e. The third-order valence-electron chi connectivity index (χ3n) is 0. The maximum atomic E-state index is 8.52. The second-order valence-corrected chi connectivity index (χ2v) is 0.750. The Hall–Kier alpha value is 0.981. The predicted octanol–water partition coefficient (Wildman–Crippen LogP) is -6.25. The van der Waals surface area contributed by atoms with Gasteiger partial charge in [-0.1, -0.05) is 0 Å². The summed E-state index contributed by atoms with van der Waals surface area (Å²) in [6.45, 7) is 0. The van der Waals surface area contributed by atoms with E-state index < -0.39 is 9.17 Å². The molecular formula is LiMgO3Si+. The van der Waals surface area contributed by atoms with Crippen LogP contribution in [-0.4, -0.2) is 32.2 Å². The Morgan fingerprint density at radius 1 is 1.33 bits per heavy atom. The molecule has 3 nitrogen and oxygen atoms in total. The first kappa shape index (κ1) is 15.8. The second-order valence-electron chi connectivity index (χ2n) is 0.250. The van der Waals surface area contributed by atoms with Crippen LogP contribution in [0.15, 0.2) is 0 Å². The number of hydrogen-bond acceptors (Lipinski definition) is 3. The average molecular weight is 107 g/mol. The maximum Gasteiger partial charge on any atom is 2.00 e. The van der Waals surface area contributed by atoms with Crippen molar-refractivity contribution in [1.29, 1.82) is 0 Å². The molecule has 0 radical (unpaired) electrons. The SMILES string of the molecule is O=[Si]([O-])[O-].[Li+].[Mg+2]. The van der Waals surface area contributed by atoms with Gasteiger partial charge in [-0.05, 0) is 0 Å². The van der Waals surface area contributed by atoms with Gasteiger partial charge in [-0.15, -0.1) is 0 Å². The summed E-state index contributed by atoms with van der Waals surface area (Å²) in [6, 6.07) is 0. The molecular weight excluding hydrogens is 107 g/mol. The van der Waals surface area contributed by atoms with Crippen LogP contribution < -0.4 is 28.5 Å². The zero-order valence-electron chi connectivity index (χ0n) is 3.43. The number of hydrogen-bond donors (Lipinski definition) is 0. The van der Waals surface area contributed by atoms with Gasteiger partial charge in [-0.25, -0.2) is 0 Å². The third-order valence-corrected chi connectivity index (χ3v) is 0. The second kappa shape index (κ2) is 9.36. The third kappa shape index (κ3) is 82.1. The molecule has 0 N–H and O–H groups in total. The molecule has 0 amide bonds. The van der Waals surface area contributed by atoms with Gasteiger partial charge in [-0.2, -0.15) is 0 Å². The van der Waals surface area contributed by atoms with Crippen molar-refractivity contribution in [1.82, 2.24) is 0 Å². The molecule has 0 rings (SSSR count). The van der Waals surface area contributed by atoms with Crippen molar-refractivity contribution >= 4 is 32.2 Å². The molecule has 0 aromatic rings. The van der Waals surface area contributed by atoms with Gasteiger partial charge in [0.15, 0.2) is 0 Å². The first-order chi connectivity index (χ1) is 1.73.